The molecule has 0 unspecified atom stereocenters. The molecule has 4 aromatic heterocycles. The first-order valence-corrected chi connectivity index (χ1v) is 30.9. The van der Waals surface area contributed by atoms with Crippen molar-refractivity contribution in [3.05, 3.63) is 115 Å². The van der Waals surface area contributed by atoms with E-state index >= 15 is 0 Å². The summed E-state index contributed by atoms with van der Waals surface area (Å²) in [6.45, 7) is 8.50. The normalized spacial score (nSPS) is 15.1. The van der Waals surface area contributed by atoms with Crippen LogP contribution < -0.4 is 63.3 Å². The summed E-state index contributed by atoms with van der Waals surface area (Å²) in [6, 6.07) is 18.5. The van der Waals surface area contributed by atoms with E-state index in [2.05, 4.69) is 72.8 Å². The molecule has 6 heterocycles. The molecule has 12 rings (SSSR count). The number of nitrogens with one attached hydrogen (secondary N) is 3. The van der Waals surface area contributed by atoms with Gasteiger partial charge in [-0.1, -0.05) is 34.8 Å². The van der Waals surface area contributed by atoms with Crippen molar-refractivity contribution < 1.29 is 35.9 Å². The van der Waals surface area contributed by atoms with Crippen molar-refractivity contribution in [2.24, 2.45) is 5.73 Å². The molecule has 2 aromatic carbocycles. The van der Waals surface area contributed by atoms with E-state index in [1.54, 1.807) is 20.3 Å². The predicted molar refractivity (Wildman–Crippen MR) is 355 cm³/mol. The minimum absolute atomic E-state index is 0. The van der Waals surface area contributed by atoms with Gasteiger partial charge in [-0.2, -0.15) is 4.98 Å². The standard InChI is InChI=1S/C22H31N5O2.C14H22N2O2.C8H10ClN3.C7H6Cl2N2.C4HCl3N2.C3H5.CH5N.BrH.ClH.Mg/c1-23-21-15-18(16-6-7-16)25-22(26-21)24-17-8-9-19(28-2)20(14-17)29-13-5-12-27-10-3-4-11-27;1-17-13-6-5-12(15)11-14(13)18-10-4-9-16-7-2-3-8-16;1-10-7-4-6(5-2-3-5)11-8(9)12-7;8-6-3-5(4-1-2-4)10-7(9)11-6;5-2-1-3(6)9-4(7)8-2;1-2-3-1;1-2;;;/h8-9,14-16H,3-7,10-13H2,1-2H3,(H2,23,24,25,26);5-6,11H,2-4,7-10,15H2,1H3;4-5H,2-3H2,1H3,(H,10,11,12);3-4H,1-2H2;1H;1H,2-3H2;2H2,1H3;2*1H;/q;;;;;-1;;;;+2/p-1. The first-order valence-electron chi connectivity index (χ1n) is 28.6. The zero-order valence-electron chi connectivity index (χ0n) is 50.2. The van der Waals surface area contributed by atoms with Crippen LogP contribution in [0.25, 0.3) is 0 Å². The molecular formula is C59H81BrCl7MgN15O4. The number of hydrogen-bond acceptors (Lipinski definition) is 19. The van der Waals surface area contributed by atoms with E-state index in [-0.39, 0.29) is 73.3 Å². The molecule has 0 bridgehead atoms. The van der Waals surface area contributed by atoms with Crippen molar-refractivity contribution in [1.82, 2.24) is 49.7 Å². The number of nitrogen functional groups attached to an aromatic ring is 1. The van der Waals surface area contributed by atoms with Crippen LogP contribution in [-0.4, -0.2) is 161 Å². The van der Waals surface area contributed by atoms with Gasteiger partial charge in [0.05, 0.1) is 38.8 Å². The van der Waals surface area contributed by atoms with Crippen LogP contribution >= 0.6 is 82.0 Å². The number of hydrogen-bond donors (Lipinski definition) is 5. The Bertz CT molecular complexity index is 2860. The Kier molecular flexibility index (Phi) is 37.8. The van der Waals surface area contributed by atoms with Gasteiger partial charge in [-0.25, -0.2) is 47.7 Å². The first-order chi connectivity index (χ1) is 40.8. The molecule has 7 N–H and O–H groups in total. The van der Waals surface area contributed by atoms with Crippen molar-refractivity contribution in [1.29, 1.82) is 0 Å². The van der Waals surface area contributed by atoms with Gasteiger partial charge in [-0.3, -0.25) is 0 Å². The Labute approximate surface area is 576 Å². The molecule has 2 saturated heterocycles. The van der Waals surface area contributed by atoms with Crippen LogP contribution in [0, 0.1) is 6.42 Å². The number of nitrogens with zero attached hydrogens (tertiary/aromatic N) is 10. The number of anilines is 5. The number of nitrogens with two attached hydrogens (primary N) is 2. The zero-order chi connectivity index (χ0) is 60.2. The summed E-state index contributed by atoms with van der Waals surface area (Å²) in [4.78, 5) is 37.4. The van der Waals surface area contributed by atoms with Gasteiger partial charge in [-0.05, 0) is 175 Å². The van der Waals surface area contributed by atoms with E-state index in [4.69, 9.17) is 99.3 Å². The largest absolute Gasteiger partial charge is 2.00 e. The Balaban J connectivity index is 0.000000294. The van der Waals surface area contributed by atoms with Gasteiger partial charge in [0, 0.05) is 92.3 Å². The molecule has 0 atom stereocenters. The van der Waals surface area contributed by atoms with Crippen LogP contribution in [0.1, 0.15) is 125 Å². The van der Waals surface area contributed by atoms with Gasteiger partial charge in [0.2, 0.25) is 21.8 Å². The van der Waals surface area contributed by atoms with Crippen molar-refractivity contribution in [2.45, 2.75) is 108 Å². The summed E-state index contributed by atoms with van der Waals surface area (Å²) in [5.74, 6) is 6.95. The molecule has 2 aliphatic heterocycles. The number of methoxy groups -OCH3 is 2. The maximum absolute atomic E-state index is 6.04. The van der Waals surface area contributed by atoms with Crippen molar-refractivity contribution in [2.75, 3.05) is 110 Å². The Morgan fingerprint density at radius 1 is 0.529 bits per heavy atom. The molecule has 0 spiro atoms. The molecule has 0 amide bonds. The third-order valence-electron chi connectivity index (χ3n) is 13.3. The predicted octanol–water partition coefficient (Wildman–Crippen LogP) is 10.9. The second-order valence-electron chi connectivity index (χ2n) is 20.2. The average molecular weight is 1420 g/mol. The fourth-order valence-electron chi connectivity index (χ4n) is 8.50. The maximum atomic E-state index is 6.04. The van der Waals surface area contributed by atoms with E-state index in [1.807, 2.05) is 62.6 Å². The number of benzene rings is 2. The topological polar surface area (TPSA) is 235 Å². The number of rotatable bonds is 19. The molecule has 6 aromatic rings. The van der Waals surface area contributed by atoms with Gasteiger partial charge in [0.15, 0.2) is 23.0 Å². The van der Waals surface area contributed by atoms with Crippen LogP contribution in [-0.2, 0) is 0 Å². The maximum Gasteiger partial charge on any atom is 2.00 e. The second kappa shape index (κ2) is 42.4. The summed E-state index contributed by atoms with van der Waals surface area (Å²) in [7, 11) is 8.52. The monoisotopic (exact) mass is 1410 g/mol. The van der Waals surface area contributed by atoms with Gasteiger partial charge < -0.3 is 79.6 Å². The SMILES string of the molecule is CN.CNc1cc(C2CC2)nc(Cl)n1.CNc1cc(C2CC2)nc(Nc2ccc(OC)c(OCCCN3CCCC3)c2)n1.COc1ccc(N)cc1OCCCN1CCCC1.Cl.Clc1cc(C2CC2)nc(Cl)n1.Clc1cc(Cl)nc(Cl)n1.[Br-].[CH-]1CC1.[Mg+2]. The summed E-state index contributed by atoms with van der Waals surface area (Å²) in [5.41, 5.74) is 15.0. The van der Waals surface area contributed by atoms with Crippen LogP contribution in [0.2, 0.25) is 31.3 Å². The molecule has 87 heavy (non-hydrogen) atoms. The van der Waals surface area contributed by atoms with E-state index in [0.717, 1.165) is 83.3 Å². The Hall–Kier alpha value is -3.68. The number of likely N-dealkylation sites (tertiary alicyclic amines) is 2. The molecule has 4 saturated carbocycles. The molecule has 6 fully saturated rings. The van der Waals surface area contributed by atoms with Gasteiger partial charge >= 0.3 is 23.1 Å². The van der Waals surface area contributed by atoms with Crippen LogP contribution in [0.4, 0.5) is 29.0 Å². The number of halogens is 8. The quantitative estimate of drug-likeness (QED) is 0.0127. The molecule has 4 aliphatic carbocycles. The van der Waals surface area contributed by atoms with E-state index in [0.29, 0.717) is 53.0 Å². The zero-order valence-corrected chi connectivity index (χ0v) is 58.5. The molecule has 6 aliphatic rings. The first kappa shape index (κ1) is 77.6. The summed E-state index contributed by atoms with van der Waals surface area (Å²) < 4.78 is 22.5. The summed E-state index contributed by atoms with van der Waals surface area (Å²) >= 11 is 33.3. The van der Waals surface area contributed by atoms with E-state index < -0.39 is 0 Å². The smallest absolute Gasteiger partial charge is 1.00 e. The van der Waals surface area contributed by atoms with Gasteiger partial charge in [0.25, 0.3) is 0 Å². The number of aromatic nitrogens is 8. The minimum Gasteiger partial charge on any atom is -1.00 e. The molecule has 19 nitrogen and oxygen atoms in total. The van der Waals surface area contributed by atoms with Crippen molar-refractivity contribution in [3.8, 4) is 23.0 Å². The van der Waals surface area contributed by atoms with Crippen LogP contribution in [0.15, 0.2) is 60.7 Å². The third kappa shape index (κ3) is 30.3. The van der Waals surface area contributed by atoms with Gasteiger partial charge in [0.1, 0.15) is 27.1 Å². The van der Waals surface area contributed by atoms with Gasteiger partial charge in [-0.15, -0.1) is 12.4 Å². The number of ether oxygens (including phenoxy) is 4. The van der Waals surface area contributed by atoms with Crippen LogP contribution in [0.5, 0.6) is 23.0 Å². The van der Waals surface area contributed by atoms with E-state index in [9.17, 15) is 0 Å². The minimum atomic E-state index is 0. The molecular weight excluding hydrogens is 1340 g/mol. The Morgan fingerprint density at radius 3 is 1.36 bits per heavy atom. The molecule has 474 valence electrons. The van der Waals surface area contributed by atoms with Crippen molar-refractivity contribution >= 4 is 134 Å². The summed E-state index contributed by atoms with van der Waals surface area (Å²) in [5, 5.41) is 11.0. The molecule has 28 heteroatoms. The average Bonchev–Trinajstić information content (AvgIpc) is 2.90. The molecule has 0 radical (unpaired) electrons. The fraction of sp³-hybridized carbons (Fsp3) is 0.508. The summed E-state index contributed by atoms with van der Waals surface area (Å²) in [6.07, 6.45) is 19.6. The van der Waals surface area contributed by atoms with Crippen molar-refractivity contribution in [3.63, 3.8) is 0 Å². The Morgan fingerprint density at radius 2 is 0.931 bits per heavy atom. The van der Waals surface area contributed by atoms with E-state index in [1.165, 1.54) is 116 Å². The fourth-order valence-corrected chi connectivity index (χ4v) is 9.81. The third-order valence-corrected chi connectivity index (χ3v) is 14.4. The second-order valence-corrected chi connectivity index (χ2v) is 22.4. The van der Waals surface area contributed by atoms with Crippen LogP contribution in [0.3, 0.4) is 0 Å².